The van der Waals surface area contributed by atoms with Gasteiger partial charge in [0.05, 0.1) is 4.90 Å². The van der Waals surface area contributed by atoms with Gasteiger partial charge in [-0.05, 0) is 18.2 Å². The second-order valence-electron chi connectivity index (χ2n) is 2.97. The number of carbonyl (C=O) groups excluding carboxylic acids is 1. The Morgan fingerprint density at radius 3 is 2.94 bits per heavy atom. The number of phenolic OH excluding ortho intramolecular Hbond substituents is 2. The number of para-hydroxylation sites is 1. The van der Waals surface area contributed by atoms with E-state index in [9.17, 15) is 15.0 Å². The third-order valence-corrected chi connectivity index (χ3v) is 2.87. The number of hydrogen-bond acceptors (Lipinski definition) is 4. The molecule has 0 unspecified atom stereocenters. The van der Waals surface area contributed by atoms with Crippen LogP contribution in [0, 0.1) is 0 Å². The summed E-state index contributed by atoms with van der Waals surface area (Å²) in [6.07, 6.45) is 1.20. The number of thioether (sulfide) groups is 1. The Kier molecular flexibility index (Phi) is 4.72. The van der Waals surface area contributed by atoms with E-state index in [1.54, 1.807) is 12.1 Å². The van der Waals surface area contributed by atoms with Gasteiger partial charge in [-0.25, -0.2) is 0 Å². The highest BCUT2D eigenvalue weighted by Crippen LogP contribution is 2.35. The van der Waals surface area contributed by atoms with E-state index in [-0.39, 0.29) is 17.4 Å². The lowest BCUT2D eigenvalue weighted by Crippen LogP contribution is -2.23. The van der Waals surface area contributed by atoms with Crippen molar-refractivity contribution in [2.75, 3.05) is 12.3 Å². The normalized spacial score (nSPS) is 9.75. The molecule has 0 aliphatic heterocycles. The Bertz CT molecular complexity index is 393. The number of phenols is 2. The monoisotopic (exact) mass is 239 g/mol. The lowest BCUT2D eigenvalue weighted by molar-refractivity contribution is -0.116. The maximum absolute atomic E-state index is 10.8. The number of benzene rings is 1. The minimum absolute atomic E-state index is 0.123. The lowest BCUT2D eigenvalue weighted by Gasteiger charge is -2.05. The maximum Gasteiger partial charge on any atom is 0.243 e. The minimum Gasteiger partial charge on any atom is -0.504 e. The molecule has 0 aliphatic carbocycles. The standard InChI is InChI=1S/C11H13NO3S/c1-2-10(14)12-6-7-16-9-5-3-4-8(13)11(9)15/h2-5,13,15H,1,6-7H2,(H,12,14). The Hall–Kier alpha value is -1.62. The molecule has 0 atom stereocenters. The molecule has 16 heavy (non-hydrogen) atoms. The summed E-state index contributed by atoms with van der Waals surface area (Å²) in [5.74, 6) is 0.125. The van der Waals surface area contributed by atoms with Crippen molar-refractivity contribution in [1.29, 1.82) is 0 Å². The molecular weight excluding hydrogens is 226 g/mol. The second-order valence-corrected chi connectivity index (χ2v) is 4.10. The summed E-state index contributed by atoms with van der Waals surface area (Å²) < 4.78 is 0. The van der Waals surface area contributed by atoms with Crippen LogP contribution in [0.4, 0.5) is 0 Å². The van der Waals surface area contributed by atoms with Crippen LogP contribution in [0.3, 0.4) is 0 Å². The topological polar surface area (TPSA) is 69.6 Å². The minimum atomic E-state index is -0.222. The van der Waals surface area contributed by atoms with Crippen LogP contribution < -0.4 is 5.32 Å². The summed E-state index contributed by atoms with van der Waals surface area (Å²) in [5, 5.41) is 21.3. The van der Waals surface area contributed by atoms with E-state index in [1.165, 1.54) is 23.9 Å². The zero-order chi connectivity index (χ0) is 12.0. The van der Waals surface area contributed by atoms with Gasteiger partial charge in [0.2, 0.25) is 5.91 Å². The average Bonchev–Trinajstić information content (AvgIpc) is 2.29. The molecule has 0 aliphatic rings. The lowest BCUT2D eigenvalue weighted by atomic mass is 10.3. The smallest absolute Gasteiger partial charge is 0.243 e. The van der Waals surface area contributed by atoms with Crippen molar-refractivity contribution in [1.82, 2.24) is 5.32 Å². The second kappa shape index (κ2) is 6.07. The first-order chi connectivity index (χ1) is 7.65. The highest BCUT2D eigenvalue weighted by atomic mass is 32.2. The number of amides is 1. The van der Waals surface area contributed by atoms with Gasteiger partial charge in [-0.1, -0.05) is 12.6 Å². The molecule has 5 heteroatoms. The zero-order valence-electron chi connectivity index (χ0n) is 8.64. The van der Waals surface area contributed by atoms with E-state index < -0.39 is 0 Å². The van der Waals surface area contributed by atoms with E-state index in [0.717, 1.165) is 0 Å². The van der Waals surface area contributed by atoms with E-state index in [0.29, 0.717) is 17.2 Å². The molecule has 0 spiro atoms. The van der Waals surface area contributed by atoms with Crippen molar-refractivity contribution in [3.63, 3.8) is 0 Å². The predicted octanol–water partition coefficient (Wildman–Crippen LogP) is 1.49. The summed E-state index contributed by atoms with van der Waals surface area (Å²) in [6, 6.07) is 4.77. The van der Waals surface area contributed by atoms with Crippen LogP contribution in [-0.4, -0.2) is 28.4 Å². The fourth-order valence-electron chi connectivity index (χ4n) is 1.03. The van der Waals surface area contributed by atoms with Crippen molar-refractivity contribution in [3.05, 3.63) is 30.9 Å². The van der Waals surface area contributed by atoms with Crippen molar-refractivity contribution in [2.24, 2.45) is 0 Å². The molecular formula is C11H13NO3S. The molecule has 1 aromatic rings. The third kappa shape index (κ3) is 3.51. The van der Waals surface area contributed by atoms with Gasteiger partial charge in [0.25, 0.3) is 0 Å². The molecule has 3 N–H and O–H groups in total. The molecule has 0 saturated heterocycles. The van der Waals surface area contributed by atoms with Crippen LogP contribution in [-0.2, 0) is 4.79 Å². The summed E-state index contributed by atoms with van der Waals surface area (Å²) in [6.45, 7) is 3.81. The van der Waals surface area contributed by atoms with Crippen molar-refractivity contribution in [3.8, 4) is 11.5 Å². The SMILES string of the molecule is C=CC(=O)NCCSc1cccc(O)c1O. The van der Waals surface area contributed by atoms with Gasteiger partial charge in [0.1, 0.15) is 0 Å². The van der Waals surface area contributed by atoms with Gasteiger partial charge in [-0.2, -0.15) is 0 Å². The van der Waals surface area contributed by atoms with Gasteiger partial charge in [0.15, 0.2) is 11.5 Å². The fraction of sp³-hybridized carbons (Fsp3) is 0.182. The largest absolute Gasteiger partial charge is 0.504 e. The van der Waals surface area contributed by atoms with Gasteiger partial charge in [0, 0.05) is 12.3 Å². The Balaban J connectivity index is 2.40. The van der Waals surface area contributed by atoms with Crippen LogP contribution in [0.1, 0.15) is 0 Å². The third-order valence-electron chi connectivity index (χ3n) is 1.82. The molecule has 1 rings (SSSR count). The molecule has 0 fully saturated rings. The highest BCUT2D eigenvalue weighted by molar-refractivity contribution is 7.99. The predicted molar refractivity (Wildman–Crippen MR) is 63.7 cm³/mol. The summed E-state index contributed by atoms with van der Waals surface area (Å²) >= 11 is 1.35. The molecule has 0 aromatic heterocycles. The van der Waals surface area contributed by atoms with Gasteiger partial charge >= 0.3 is 0 Å². The summed E-state index contributed by atoms with van der Waals surface area (Å²) in [4.78, 5) is 11.4. The van der Waals surface area contributed by atoms with Crippen LogP contribution in [0.15, 0.2) is 35.7 Å². The molecule has 0 bridgehead atoms. The molecule has 1 amide bonds. The summed E-state index contributed by atoms with van der Waals surface area (Å²) in [7, 11) is 0. The van der Waals surface area contributed by atoms with Gasteiger partial charge in [-0.15, -0.1) is 11.8 Å². The molecule has 4 nitrogen and oxygen atoms in total. The van der Waals surface area contributed by atoms with Gasteiger partial charge < -0.3 is 15.5 Å². The molecule has 86 valence electrons. The highest BCUT2D eigenvalue weighted by Gasteiger charge is 2.05. The van der Waals surface area contributed by atoms with Gasteiger partial charge in [-0.3, -0.25) is 4.79 Å². The number of carbonyl (C=O) groups is 1. The van der Waals surface area contributed by atoms with E-state index in [1.807, 2.05) is 0 Å². The van der Waals surface area contributed by atoms with Crippen LogP contribution in [0.25, 0.3) is 0 Å². The Labute approximate surface area is 98.0 Å². The Morgan fingerprint density at radius 1 is 1.50 bits per heavy atom. The maximum atomic E-state index is 10.8. The molecule has 0 radical (unpaired) electrons. The first-order valence-electron chi connectivity index (χ1n) is 4.69. The molecule has 0 saturated carbocycles. The molecule has 0 heterocycles. The number of nitrogens with one attached hydrogen (secondary N) is 1. The van der Waals surface area contributed by atoms with E-state index >= 15 is 0 Å². The first-order valence-corrected chi connectivity index (χ1v) is 5.67. The first kappa shape index (κ1) is 12.4. The van der Waals surface area contributed by atoms with E-state index in [2.05, 4.69) is 11.9 Å². The van der Waals surface area contributed by atoms with Crippen molar-refractivity contribution < 1.29 is 15.0 Å². The Morgan fingerprint density at radius 2 is 2.25 bits per heavy atom. The van der Waals surface area contributed by atoms with Crippen LogP contribution in [0.5, 0.6) is 11.5 Å². The average molecular weight is 239 g/mol. The number of rotatable bonds is 5. The van der Waals surface area contributed by atoms with Crippen molar-refractivity contribution in [2.45, 2.75) is 4.90 Å². The van der Waals surface area contributed by atoms with Crippen molar-refractivity contribution >= 4 is 17.7 Å². The fourth-order valence-corrected chi connectivity index (χ4v) is 1.87. The number of hydrogen-bond donors (Lipinski definition) is 3. The zero-order valence-corrected chi connectivity index (χ0v) is 9.46. The van der Waals surface area contributed by atoms with E-state index in [4.69, 9.17) is 0 Å². The molecule has 1 aromatic carbocycles. The van der Waals surface area contributed by atoms with Crippen LogP contribution >= 0.6 is 11.8 Å². The quantitative estimate of drug-likeness (QED) is 0.315. The number of aromatic hydroxyl groups is 2. The van der Waals surface area contributed by atoms with Crippen LogP contribution in [0.2, 0.25) is 0 Å². The summed E-state index contributed by atoms with van der Waals surface area (Å²) in [5.41, 5.74) is 0.